The minimum Gasteiger partial charge on any atom is -0.330 e. The van der Waals surface area contributed by atoms with Crippen molar-refractivity contribution < 1.29 is 13.2 Å². The molecule has 3 aromatic carbocycles. The highest BCUT2D eigenvalue weighted by Crippen LogP contribution is 2.45. The van der Waals surface area contributed by atoms with Crippen LogP contribution in [0.25, 0.3) is 0 Å². The molecule has 3 aromatic rings. The van der Waals surface area contributed by atoms with Gasteiger partial charge in [-0.1, -0.05) is 65.7 Å². The molecule has 0 aromatic heterocycles. The van der Waals surface area contributed by atoms with Crippen LogP contribution in [0.15, 0.2) is 95.4 Å². The van der Waals surface area contributed by atoms with Crippen LogP contribution in [0.2, 0.25) is 5.02 Å². The summed E-state index contributed by atoms with van der Waals surface area (Å²) in [6.07, 6.45) is 4.98. The summed E-state index contributed by atoms with van der Waals surface area (Å²) in [6.45, 7) is 1.90. The minimum atomic E-state index is -4.14. The van der Waals surface area contributed by atoms with Crippen molar-refractivity contribution in [2.75, 3.05) is 4.90 Å². The van der Waals surface area contributed by atoms with Gasteiger partial charge < -0.3 is 4.90 Å². The molecule has 0 spiro atoms. The van der Waals surface area contributed by atoms with Gasteiger partial charge >= 0.3 is 0 Å². The van der Waals surface area contributed by atoms with E-state index in [9.17, 15) is 13.2 Å². The summed E-state index contributed by atoms with van der Waals surface area (Å²) in [7, 11) is -4.14. The zero-order valence-corrected chi connectivity index (χ0v) is 21.0. The van der Waals surface area contributed by atoms with E-state index in [-0.39, 0.29) is 4.90 Å². The van der Waals surface area contributed by atoms with Crippen molar-refractivity contribution in [3.8, 4) is 0 Å². The minimum absolute atomic E-state index is 0.0988. The number of halogens is 1. The standard InChI is InChI=1S/C28H27ClN2O3S/c1-20-12-18-25(19-13-20)35(33,34)31-27(22-14-16-23(29)17-15-22)30(24-10-6-3-7-11-24)26(28(31)32)21-8-4-2-5-9-21/h3,6-8,10-19,26-27H,2,4-5,9H2,1H3/t26-,27+/m1/s1. The average Bonchev–Trinajstić information content (AvgIpc) is 3.19. The quantitative estimate of drug-likeness (QED) is 0.383. The van der Waals surface area contributed by atoms with Crippen LogP contribution in [0.1, 0.15) is 43.0 Å². The molecule has 5 nitrogen and oxygen atoms in total. The van der Waals surface area contributed by atoms with Crippen molar-refractivity contribution in [3.63, 3.8) is 0 Å². The summed E-state index contributed by atoms with van der Waals surface area (Å²) in [6, 6.07) is 22.6. The Morgan fingerprint density at radius 2 is 1.57 bits per heavy atom. The van der Waals surface area contributed by atoms with Gasteiger partial charge in [-0.3, -0.25) is 4.79 Å². The lowest BCUT2D eigenvalue weighted by Gasteiger charge is -2.34. The Bertz CT molecular complexity index is 1350. The Kier molecular flexibility index (Phi) is 6.43. The fourth-order valence-corrected chi connectivity index (χ4v) is 6.61. The summed E-state index contributed by atoms with van der Waals surface area (Å²) >= 11 is 6.17. The van der Waals surface area contributed by atoms with Crippen LogP contribution in [-0.2, 0) is 14.8 Å². The first-order valence-corrected chi connectivity index (χ1v) is 13.6. The number of benzene rings is 3. The van der Waals surface area contributed by atoms with Crippen LogP contribution in [0.5, 0.6) is 0 Å². The van der Waals surface area contributed by atoms with Gasteiger partial charge in [-0.25, -0.2) is 12.7 Å². The summed E-state index contributed by atoms with van der Waals surface area (Å²) in [5.74, 6) is -0.428. The van der Waals surface area contributed by atoms with E-state index in [1.54, 1.807) is 48.5 Å². The predicted octanol–water partition coefficient (Wildman–Crippen LogP) is 6.25. The highest BCUT2D eigenvalue weighted by Gasteiger charge is 2.53. The van der Waals surface area contributed by atoms with Gasteiger partial charge in [-0.05, 0) is 80.1 Å². The largest absolute Gasteiger partial charge is 0.330 e. The molecule has 1 heterocycles. The van der Waals surface area contributed by atoms with E-state index in [2.05, 4.69) is 6.08 Å². The van der Waals surface area contributed by atoms with Gasteiger partial charge in [0.15, 0.2) is 0 Å². The number of anilines is 1. The molecule has 5 rings (SSSR count). The second kappa shape index (κ2) is 9.51. The normalized spacial score (nSPS) is 20.7. The highest BCUT2D eigenvalue weighted by atomic mass is 35.5. The van der Waals surface area contributed by atoms with E-state index in [1.807, 2.05) is 42.2 Å². The Labute approximate surface area is 211 Å². The third-order valence-electron chi connectivity index (χ3n) is 6.69. The first kappa shape index (κ1) is 23.6. The van der Waals surface area contributed by atoms with E-state index >= 15 is 0 Å². The van der Waals surface area contributed by atoms with E-state index < -0.39 is 28.1 Å². The van der Waals surface area contributed by atoms with Crippen molar-refractivity contribution in [2.45, 2.75) is 49.7 Å². The van der Waals surface area contributed by atoms with Gasteiger partial charge in [-0.15, -0.1) is 0 Å². The average molecular weight is 507 g/mol. The van der Waals surface area contributed by atoms with Crippen molar-refractivity contribution in [2.24, 2.45) is 0 Å². The number of amides is 1. The molecule has 1 saturated heterocycles. The topological polar surface area (TPSA) is 57.7 Å². The van der Waals surface area contributed by atoms with Crippen molar-refractivity contribution in [1.82, 2.24) is 4.31 Å². The van der Waals surface area contributed by atoms with Crippen molar-refractivity contribution in [3.05, 3.63) is 107 Å². The number of carbonyl (C=O) groups is 1. The lowest BCUT2D eigenvalue weighted by atomic mass is 9.92. The Morgan fingerprint density at radius 3 is 2.20 bits per heavy atom. The number of sulfonamides is 1. The predicted molar refractivity (Wildman–Crippen MR) is 139 cm³/mol. The Morgan fingerprint density at radius 1 is 0.886 bits per heavy atom. The number of allylic oxidation sites excluding steroid dienone is 1. The molecule has 0 saturated carbocycles. The van der Waals surface area contributed by atoms with Gasteiger partial charge in [0, 0.05) is 10.7 Å². The van der Waals surface area contributed by atoms with Crippen molar-refractivity contribution >= 4 is 33.2 Å². The molecular weight excluding hydrogens is 480 g/mol. The summed E-state index contributed by atoms with van der Waals surface area (Å²) in [5.41, 5.74) is 3.40. The van der Waals surface area contributed by atoms with Crippen LogP contribution < -0.4 is 4.90 Å². The maximum Gasteiger partial charge on any atom is 0.268 e. The molecule has 7 heteroatoms. The summed E-state index contributed by atoms with van der Waals surface area (Å²) in [4.78, 5) is 16.2. The second-order valence-corrected chi connectivity index (χ2v) is 11.3. The maximum absolute atomic E-state index is 14.2. The van der Waals surface area contributed by atoms with Gasteiger partial charge in [0.05, 0.1) is 4.90 Å². The van der Waals surface area contributed by atoms with E-state index in [0.717, 1.165) is 46.8 Å². The van der Waals surface area contributed by atoms with E-state index in [4.69, 9.17) is 11.6 Å². The van der Waals surface area contributed by atoms with Crippen LogP contribution in [0.4, 0.5) is 5.69 Å². The molecular formula is C28H27ClN2O3S. The summed E-state index contributed by atoms with van der Waals surface area (Å²) in [5, 5.41) is 0.545. The maximum atomic E-state index is 14.2. The number of carbonyl (C=O) groups excluding carboxylic acids is 1. The third kappa shape index (κ3) is 4.37. The second-order valence-electron chi connectivity index (χ2n) is 9.05. The fraction of sp³-hybridized carbons (Fsp3) is 0.250. The lowest BCUT2D eigenvalue weighted by Crippen LogP contribution is -2.37. The molecule has 0 unspecified atom stereocenters. The first-order valence-electron chi connectivity index (χ1n) is 11.8. The molecule has 0 radical (unpaired) electrons. The SMILES string of the molecule is Cc1ccc(S(=O)(=O)N2C(=O)[C@@H](C3=CCCCC3)N(c3ccccc3)[C@@H]2c2ccc(Cl)cc2)cc1. The Balaban J connectivity index is 1.74. The van der Waals surface area contributed by atoms with Crippen LogP contribution in [0, 0.1) is 6.92 Å². The number of aryl methyl sites for hydroxylation is 1. The molecule has 180 valence electrons. The zero-order valence-electron chi connectivity index (χ0n) is 19.5. The van der Waals surface area contributed by atoms with Gasteiger partial charge in [0.25, 0.3) is 15.9 Å². The third-order valence-corrected chi connectivity index (χ3v) is 8.71. The van der Waals surface area contributed by atoms with Crippen LogP contribution in [0.3, 0.4) is 0 Å². The molecule has 2 atom stereocenters. The number of para-hydroxylation sites is 1. The van der Waals surface area contributed by atoms with Gasteiger partial charge in [0.1, 0.15) is 12.2 Å². The molecule has 1 amide bonds. The monoisotopic (exact) mass is 506 g/mol. The molecule has 1 fully saturated rings. The number of rotatable bonds is 5. The van der Waals surface area contributed by atoms with E-state index in [1.165, 1.54) is 0 Å². The summed E-state index contributed by atoms with van der Waals surface area (Å²) < 4.78 is 29.2. The molecule has 1 aliphatic carbocycles. The number of hydrogen-bond donors (Lipinski definition) is 0. The Hall–Kier alpha value is -3.09. The molecule has 2 aliphatic rings. The van der Waals surface area contributed by atoms with Crippen LogP contribution in [-0.4, -0.2) is 24.7 Å². The number of nitrogens with zero attached hydrogens (tertiary/aromatic N) is 2. The molecule has 35 heavy (non-hydrogen) atoms. The molecule has 0 N–H and O–H groups in total. The fourth-order valence-electron chi connectivity index (χ4n) is 4.96. The lowest BCUT2D eigenvalue weighted by molar-refractivity contribution is -0.125. The van der Waals surface area contributed by atoms with Gasteiger partial charge in [0.2, 0.25) is 0 Å². The first-order chi connectivity index (χ1) is 16.9. The molecule has 0 bridgehead atoms. The number of hydrogen-bond acceptors (Lipinski definition) is 4. The highest BCUT2D eigenvalue weighted by molar-refractivity contribution is 7.89. The molecule has 1 aliphatic heterocycles. The van der Waals surface area contributed by atoms with Gasteiger partial charge in [-0.2, -0.15) is 0 Å². The smallest absolute Gasteiger partial charge is 0.268 e. The zero-order chi connectivity index (χ0) is 24.6. The van der Waals surface area contributed by atoms with Crippen molar-refractivity contribution in [1.29, 1.82) is 0 Å². The van der Waals surface area contributed by atoms with E-state index in [0.29, 0.717) is 10.6 Å². The van der Waals surface area contributed by atoms with Crippen LogP contribution >= 0.6 is 11.6 Å².